The average molecular weight is 918 g/mol. The van der Waals surface area contributed by atoms with Crippen molar-refractivity contribution in [1.82, 2.24) is 20.7 Å². The number of guanidine groups is 1. The maximum Gasteiger partial charge on any atom is 0.414 e. The molecule has 0 radical (unpaired) electrons. The van der Waals surface area contributed by atoms with Crippen LogP contribution in [0.3, 0.4) is 0 Å². The molecule has 1 aliphatic rings. The Bertz CT molecular complexity index is 2440. The van der Waals surface area contributed by atoms with Crippen LogP contribution in [0.25, 0.3) is 11.1 Å². The summed E-state index contributed by atoms with van der Waals surface area (Å²) in [5.41, 5.74) is 4.10. The fourth-order valence-electron chi connectivity index (χ4n) is 7.54. The Morgan fingerprint density at radius 3 is 1.62 bits per heavy atom. The molecule has 5 aromatic carbocycles. The first kappa shape index (κ1) is 48.3. The molecule has 0 fully saturated rings. The van der Waals surface area contributed by atoms with Crippen molar-refractivity contribution >= 4 is 42.2 Å². The zero-order valence-electron chi connectivity index (χ0n) is 37.8. The lowest BCUT2D eigenvalue weighted by Crippen LogP contribution is -2.55. The largest absolute Gasteiger partial charge is 0.459 e. The molecule has 0 unspecified atom stereocenters. The SMILES string of the molecule is CC(C)(C)OC(=O)[C@H](C[C@H](CN=C(NC(=O)OCc1ccccc1)NC(=O)OCc1ccccc1)NS(=O)(=O)CC[Si](C)(C)C)NC1(c2ccccc2)c2ccccc2-c2ccccc21. The number of rotatable bonds is 17. The molecule has 0 spiro atoms. The number of aliphatic imine (C=N–C) groups is 1. The maximum absolute atomic E-state index is 14.7. The Balaban J connectivity index is 1.39. The number of amides is 2. The summed E-state index contributed by atoms with van der Waals surface area (Å²) >= 11 is 0. The number of carbonyl (C=O) groups excluding carboxylic acids is 3. The first-order chi connectivity index (χ1) is 30.9. The van der Waals surface area contributed by atoms with Crippen LogP contribution in [0.5, 0.6) is 0 Å². The Morgan fingerprint density at radius 2 is 1.14 bits per heavy atom. The third kappa shape index (κ3) is 13.7. The number of hydrogen-bond donors (Lipinski definition) is 4. The molecule has 5 aromatic rings. The van der Waals surface area contributed by atoms with E-state index in [2.05, 4.69) is 45.3 Å². The van der Waals surface area contributed by atoms with E-state index in [1.807, 2.05) is 115 Å². The number of nitrogens with one attached hydrogen (secondary N) is 4. The third-order valence-corrected chi connectivity index (χ3v) is 14.1. The number of ether oxygens (including phenoxy) is 3. The highest BCUT2D eigenvalue weighted by Gasteiger charge is 2.47. The van der Waals surface area contributed by atoms with Gasteiger partial charge in [-0.3, -0.25) is 25.7 Å². The molecule has 0 bridgehead atoms. The second kappa shape index (κ2) is 21.2. The van der Waals surface area contributed by atoms with Crippen molar-refractivity contribution < 1.29 is 37.0 Å². The Kier molecular flexibility index (Phi) is 15.8. The summed E-state index contributed by atoms with van der Waals surface area (Å²) in [6.45, 7) is 11.1. The summed E-state index contributed by atoms with van der Waals surface area (Å²) in [6, 6.07) is 42.1. The monoisotopic (exact) mass is 917 g/mol. The van der Waals surface area contributed by atoms with Gasteiger partial charge in [0.05, 0.1) is 17.8 Å². The van der Waals surface area contributed by atoms with Crippen molar-refractivity contribution in [3.8, 4) is 11.1 Å². The number of hydrogen-bond acceptors (Lipinski definition) is 10. The minimum absolute atomic E-state index is 0.0728. The summed E-state index contributed by atoms with van der Waals surface area (Å²) in [5.74, 6) is -1.12. The topological polar surface area (TPSA) is 174 Å². The van der Waals surface area contributed by atoms with Crippen LogP contribution in [0.1, 0.15) is 55.0 Å². The highest BCUT2D eigenvalue weighted by molar-refractivity contribution is 7.89. The van der Waals surface area contributed by atoms with Crippen molar-refractivity contribution in [1.29, 1.82) is 0 Å². The van der Waals surface area contributed by atoms with Crippen LogP contribution >= 0.6 is 0 Å². The van der Waals surface area contributed by atoms with Gasteiger partial charge in [0, 0.05) is 14.1 Å². The predicted molar refractivity (Wildman–Crippen MR) is 256 cm³/mol. The molecular formula is C50H59N5O8SSi. The molecule has 2 amide bonds. The van der Waals surface area contributed by atoms with Gasteiger partial charge in [0.15, 0.2) is 0 Å². The molecule has 0 aliphatic heterocycles. The molecular weight excluding hydrogens is 859 g/mol. The molecule has 6 rings (SSSR count). The number of fused-ring (bicyclic) bond motifs is 3. The number of sulfonamides is 1. The minimum Gasteiger partial charge on any atom is -0.459 e. The number of nitrogens with zero attached hydrogens (tertiary/aromatic N) is 1. The van der Waals surface area contributed by atoms with E-state index >= 15 is 0 Å². The van der Waals surface area contributed by atoms with E-state index in [-0.39, 0.29) is 37.9 Å². The summed E-state index contributed by atoms with van der Waals surface area (Å²) in [5, 5.41) is 8.73. The summed E-state index contributed by atoms with van der Waals surface area (Å²) in [4.78, 5) is 45.7. The van der Waals surface area contributed by atoms with Crippen molar-refractivity contribution in [3.63, 3.8) is 0 Å². The van der Waals surface area contributed by atoms with E-state index in [0.717, 1.165) is 38.9 Å². The highest BCUT2D eigenvalue weighted by atomic mass is 32.2. The molecule has 15 heteroatoms. The predicted octanol–water partition coefficient (Wildman–Crippen LogP) is 8.48. The van der Waals surface area contributed by atoms with Gasteiger partial charge in [-0.25, -0.2) is 22.7 Å². The van der Waals surface area contributed by atoms with Gasteiger partial charge in [-0.15, -0.1) is 0 Å². The normalized spacial score (nSPS) is 13.9. The number of esters is 1. The van der Waals surface area contributed by atoms with Crippen molar-refractivity contribution in [2.75, 3.05) is 12.3 Å². The highest BCUT2D eigenvalue weighted by Crippen LogP contribution is 2.51. The van der Waals surface area contributed by atoms with Crippen LogP contribution in [0.2, 0.25) is 25.7 Å². The van der Waals surface area contributed by atoms with Crippen molar-refractivity contribution in [2.24, 2.45) is 4.99 Å². The van der Waals surface area contributed by atoms with E-state index < -0.39 is 59.5 Å². The smallest absolute Gasteiger partial charge is 0.414 e. The van der Waals surface area contributed by atoms with Gasteiger partial charge in [0.1, 0.15) is 24.9 Å². The third-order valence-electron chi connectivity index (χ3n) is 10.6. The zero-order chi connectivity index (χ0) is 46.7. The van der Waals surface area contributed by atoms with E-state index in [0.29, 0.717) is 6.04 Å². The van der Waals surface area contributed by atoms with Crippen LogP contribution in [0.15, 0.2) is 145 Å². The summed E-state index contributed by atoms with van der Waals surface area (Å²) in [6.07, 6.45) is -2.02. The molecule has 0 saturated carbocycles. The van der Waals surface area contributed by atoms with E-state index in [1.54, 1.807) is 45.0 Å². The molecule has 1 aliphatic carbocycles. The Labute approximate surface area is 383 Å². The summed E-state index contributed by atoms with van der Waals surface area (Å²) in [7, 11) is -5.80. The van der Waals surface area contributed by atoms with Gasteiger partial charge >= 0.3 is 18.2 Å². The van der Waals surface area contributed by atoms with Gasteiger partial charge in [0.25, 0.3) is 0 Å². The Morgan fingerprint density at radius 1 is 0.677 bits per heavy atom. The second-order valence-electron chi connectivity index (χ2n) is 18.2. The second-order valence-corrected chi connectivity index (χ2v) is 25.7. The van der Waals surface area contributed by atoms with Gasteiger partial charge < -0.3 is 14.2 Å². The van der Waals surface area contributed by atoms with Crippen LogP contribution in [0, 0.1) is 0 Å². The molecule has 4 N–H and O–H groups in total. The number of carbonyl (C=O) groups is 3. The van der Waals surface area contributed by atoms with Crippen molar-refractivity contribution in [2.45, 2.75) is 89.3 Å². The lowest BCUT2D eigenvalue weighted by Gasteiger charge is -2.38. The maximum atomic E-state index is 14.7. The summed E-state index contributed by atoms with van der Waals surface area (Å²) < 4.78 is 47.8. The van der Waals surface area contributed by atoms with E-state index in [9.17, 15) is 22.8 Å². The molecule has 13 nitrogen and oxygen atoms in total. The number of alkyl carbamates (subject to hydrolysis) is 2. The minimum atomic E-state index is -3.97. The quantitative estimate of drug-likeness (QED) is 0.0235. The van der Waals surface area contributed by atoms with Crippen LogP contribution in [-0.2, 0) is 47.8 Å². The molecule has 0 saturated heterocycles. The van der Waals surface area contributed by atoms with Gasteiger partial charge in [-0.1, -0.05) is 159 Å². The zero-order valence-corrected chi connectivity index (χ0v) is 39.6. The van der Waals surface area contributed by atoms with E-state index in [1.165, 1.54) is 0 Å². The molecule has 342 valence electrons. The molecule has 0 heterocycles. The van der Waals surface area contributed by atoms with Crippen LogP contribution in [-0.4, -0.2) is 70.6 Å². The molecule has 0 aromatic heterocycles. The molecule has 2 atom stereocenters. The first-order valence-corrected chi connectivity index (χ1v) is 27.0. The van der Waals surface area contributed by atoms with Crippen molar-refractivity contribution in [3.05, 3.63) is 167 Å². The standard InChI is InChI=1S/C50H59N5O8SSi/c1-49(2,3)63-45(56)44(54-50(38-24-14-9-15-25-38)42-28-18-16-26-40(42)41-27-17-19-29-43(41)50)32-39(55-64(59,60)30-31-65(4,5)6)33-51-46(52-47(57)61-34-36-20-10-7-11-21-36)53-48(58)62-35-37-22-12-8-13-23-37/h7-29,39,44,54-55H,30-35H2,1-6H3,(H2,51,52,53,57,58)/t39-,44+/m1/s1. The molecule has 65 heavy (non-hydrogen) atoms. The van der Waals surface area contributed by atoms with Gasteiger partial charge in [0.2, 0.25) is 16.0 Å². The first-order valence-electron chi connectivity index (χ1n) is 21.7. The Hall–Kier alpha value is -6.13. The fraction of sp³-hybridized carbons (Fsp3) is 0.320. The van der Waals surface area contributed by atoms with Gasteiger partial charge in [-0.05, 0) is 72.2 Å². The lowest BCUT2D eigenvalue weighted by atomic mass is 9.79. The number of benzene rings is 5. The lowest BCUT2D eigenvalue weighted by molar-refractivity contribution is -0.158. The van der Waals surface area contributed by atoms with Crippen LogP contribution < -0.4 is 20.7 Å². The van der Waals surface area contributed by atoms with E-state index in [4.69, 9.17) is 14.2 Å². The fourth-order valence-corrected chi connectivity index (χ4v) is 11.9. The average Bonchev–Trinajstić information content (AvgIpc) is 3.56. The van der Waals surface area contributed by atoms with Crippen LogP contribution in [0.4, 0.5) is 9.59 Å². The van der Waals surface area contributed by atoms with Gasteiger partial charge in [-0.2, -0.15) is 0 Å².